The SMILES string of the molecule is CCC(=O)NC(C)c1ccc(CN2CCc3cc(OCC4CC4(F)F)ccc3C2)cc1. The van der Waals surface area contributed by atoms with Gasteiger partial charge in [0.25, 0.3) is 5.92 Å². The Morgan fingerprint density at radius 2 is 1.97 bits per heavy atom. The van der Waals surface area contributed by atoms with Crippen molar-refractivity contribution in [1.29, 1.82) is 0 Å². The lowest BCUT2D eigenvalue weighted by atomic mass is 9.98. The number of carbonyl (C=O) groups is 1. The molecule has 1 amide bonds. The summed E-state index contributed by atoms with van der Waals surface area (Å²) in [5.41, 5.74) is 4.85. The molecule has 2 aliphatic rings. The van der Waals surface area contributed by atoms with Gasteiger partial charge >= 0.3 is 0 Å². The van der Waals surface area contributed by atoms with E-state index in [1.165, 1.54) is 16.7 Å². The van der Waals surface area contributed by atoms with Crippen LogP contribution in [-0.4, -0.2) is 29.9 Å². The molecule has 6 heteroatoms. The van der Waals surface area contributed by atoms with Gasteiger partial charge in [0.1, 0.15) is 5.75 Å². The van der Waals surface area contributed by atoms with Crippen LogP contribution in [0.1, 0.15) is 55.0 Å². The van der Waals surface area contributed by atoms with Crippen LogP contribution in [0.25, 0.3) is 0 Å². The van der Waals surface area contributed by atoms with Crippen molar-refractivity contribution in [1.82, 2.24) is 10.2 Å². The number of amides is 1. The molecular formula is C25H30F2N2O2. The third-order valence-electron chi connectivity index (χ3n) is 6.26. The summed E-state index contributed by atoms with van der Waals surface area (Å²) in [6.45, 7) is 6.62. The zero-order valence-corrected chi connectivity index (χ0v) is 18.2. The topological polar surface area (TPSA) is 41.6 Å². The maximum atomic E-state index is 13.0. The number of ether oxygens (including phenoxy) is 1. The highest BCUT2D eigenvalue weighted by Crippen LogP contribution is 2.48. The van der Waals surface area contributed by atoms with E-state index in [0.717, 1.165) is 31.6 Å². The van der Waals surface area contributed by atoms with E-state index in [-0.39, 0.29) is 25.0 Å². The van der Waals surface area contributed by atoms with E-state index in [1.54, 1.807) is 0 Å². The van der Waals surface area contributed by atoms with Gasteiger partial charge in [-0.25, -0.2) is 8.78 Å². The molecule has 1 aliphatic heterocycles. The van der Waals surface area contributed by atoms with Gasteiger partial charge in [0.2, 0.25) is 5.91 Å². The standard InChI is InChI=1S/C25H30F2N2O2/c1-3-24(30)28-17(2)19-6-4-18(5-7-19)14-29-11-10-20-12-23(9-8-21(20)15-29)31-16-22-13-25(22,26)27/h4-9,12,17,22H,3,10-11,13-16H2,1-2H3,(H,28,30). The fourth-order valence-electron chi connectivity index (χ4n) is 4.06. The minimum Gasteiger partial charge on any atom is -0.493 e. The first-order valence-corrected chi connectivity index (χ1v) is 11.1. The quantitative estimate of drug-likeness (QED) is 0.653. The molecule has 1 saturated carbocycles. The highest BCUT2D eigenvalue weighted by molar-refractivity contribution is 5.76. The van der Waals surface area contributed by atoms with Crippen LogP contribution in [0.4, 0.5) is 8.78 Å². The molecule has 1 heterocycles. The highest BCUT2D eigenvalue weighted by atomic mass is 19.3. The molecule has 0 radical (unpaired) electrons. The van der Waals surface area contributed by atoms with Crippen molar-refractivity contribution >= 4 is 5.91 Å². The lowest BCUT2D eigenvalue weighted by molar-refractivity contribution is -0.121. The minimum absolute atomic E-state index is 0.00548. The van der Waals surface area contributed by atoms with Gasteiger partial charge in [0.05, 0.1) is 18.6 Å². The third kappa shape index (κ3) is 5.42. The van der Waals surface area contributed by atoms with Crippen molar-refractivity contribution in [3.8, 4) is 5.75 Å². The minimum atomic E-state index is -2.53. The Kier molecular flexibility index (Phi) is 6.28. The van der Waals surface area contributed by atoms with Crippen molar-refractivity contribution in [2.24, 2.45) is 5.92 Å². The van der Waals surface area contributed by atoms with Gasteiger partial charge in [0.15, 0.2) is 0 Å². The largest absolute Gasteiger partial charge is 0.493 e. The van der Waals surface area contributed by atoms with Gasteiger partial charge < -0.3 is 10.1 Å². The summed E-state index contributed by atoms with van der Waals surface area (Å²) in [6, 6.07) is 14.4. The zero-order chi connectivity index (χ0) is 22.0. The summed E-state index contributed by atoms with van der Waals surface area (Å²) in [5.74, 6) is -2.41. The second-order valence-corrected chi connectivity index (χ2v) is 8.75. The molecule has 0 aromatic heterocycles. The molecule has 2 aromatic rings. The summed E-state index contributed by atoms with van der Waals surface area (Å²) in [5, 5.41) is 2.99. The van der Waals surface area contributed by atoms with Gasteiger partial charge in [-0.3, -0.25) is 9.69 Å². The Bertz CT molecular complexity index is 930. The van der Waals surface area contributed by atoms with E-state index < -0.39 is 11.8 Å². The van der Waals surface area contributed by atoms with Crippen LogP contribution in [0.5, 0.6) is 5.75 Å². The molecule has 0 spiro atoms. The molecule has 1 fully saturated rings. The summed E-state index contributed by atoms with van der Waals surface area (Å²) < 4.78 is 31.6. The lowest BCUT2D eigenvalue weighted by Crippen LogP contribution is -2.30. The van der Waals surface area contributed by atoms with Crippen LogP contribution in [0.15, 0.2) is 42.5 Å². The molecule has 1 aliphatic carbocycles. The van der Waals surface area contributed by atoms with Crippen molar-refractivity contribution < 1.29 is 18.3 Å². The smallest absolute Gasteiger partial charge is 0.255 e. The highest BCUT2D eigenvalue weighted by Gasteiger charge is 2.57. The first kappa shape index (κ1) is 21.8. The van der Waals surface area contributed by atoms with Crippen LogP contribution < -0.4 is 10.1 Å². The van der Waals surface area contributed by atoms with Crippen LogP contribution in [0, 0.1) is 5.92 Å². The Morgan fingerprint density at radius 1 is 1.23 bits per heavy atom. The number of rotatable bonds is 8. The fourth-order valence-corrected chi connectivity index (χ4v) is 4.06. The number of carbonyl (C=O) groups excluding carboxylic acids is 1. The number of halogens is 2. The zero-order valence-electron chi connectivity index (χ0n) is 18.2. The maximum absolute atomic E-state index is 13.0. The molecule has 2 atom stereocenters. The van der Waals surface area contributed by atoms with Crippen LogP contribution >= 0.6 is 0 Å². The van der Waals surface area contributed by atoms with Gasteiger partial charge in [-0.05, 0) is 47.7 Å². The normalized spacial score (nSPS) is 20.6. The van der Waals surface area contributed by atoms with Crippen molar-refractivity contribution in [3.05, 3.63) is 64.7 Å². The number of nitrogens with one attached hydrogen (secondary N) is 1. The van der Waals surface area contributed by atoms with Crippen molar-refractivity contribution in [2.45, 2.75) is 58.2 Å². The number of nitrogens with zero attached hydrogens (tertiary/aromatic N) is 1. The van der Waals surface area contributed by atoms with Crippen LogP contribution in [0.2, 0.25) is 0 Å². The summed E-state index contributed by atoms with van der Waals surface area (Å²) in [4.78, 5) is 14.0. The number of hydrogen-bond acceptors (Lipinski definition) is 3. The Hall–Kier alpha value is -2.47. The lowest BCUT2D eigenvalue weighted by Gasteiger charge is -2.29. The van der Waals surface area contributed by atoms with E-state index in [4.69, 9.17) is 4.74 Å². The monoisotopic (exact) mass is 428 g/mol. The molecule has 4 nitrogen and oxygen atoms in total. The number of hydrogen-bond donors (Lipinski definition) is 1. The average molecular weight is 429 g/mol. The number of fused-ring (bicyclic) bond motifs is 1. The predicted octanol–water partition coefficient (Wildman–Crippen LogP) is 4.87. The molecule has 0 saturated heterocycles. The summed E-state index contributed by atoms with van der Waals surface area (Å²) in [6.07, 6.45) is 1.35. The summed E-state index contributed by atoms with van der Waals surface area (Å²) >= 11 is 0. The van der Waals surface area contributed by atoms with Crippen molar-refractivity contribution in [2.75, 3.05) is 13.2 Å². The average Bonchev–Trinajstić information content (AvgIpc) is 3.38. The third-order valence-corrected chi connectivity index (χ3v) is 6.26. The molecule has 31 heavy (non-hydrogen) atoms. The van der Waals surface area contributed by atoms with E-state index in [9.17, 15) is 13.6 Å². The predicted molar refractivity (Wildman–Crippen MR) is 116 cm³/mol. The molecular weight excluding hydrogens is 398 g/mol. The first-order valence-electron chi connectivity index (χ1n) is 11.1. The maximum Gasteiger partial charge on any atom is 0.255 e. The fraction of sp³-hybridized carbons (Fsp3) is 0.480. The Balaban J connectivity index is 1.30. The molecule has 2 unspecified atom stereocenters. The van der Waals surface area contributed by atoms with Gasteiger partial charge in [0, 0.05) is 32.5 Å². The van der Waals surface area contributed by atoms with Crippen LogP contribution in [-0.2, 0) is 24.3 Å². The second-order valence-electron chi connectivity index (χ2n) is 8.75. The number of benzene rings is 2. The van der Waals surface area contributed by atoms with Gasteiger partial charge in [-0.15, -0.1) is 0 Å². The molecule has 1 N–H and O–H groups in total. The van der Waals surface area contributed by atoms with E-state index >= 15 is 0 Å². The van der Waals surface area contributed by atoms with E-state index in [0.29, 0.717) is 12.2 Å². The molecule has 0 bridgehead atoms. The van der Waals surface area contributed by atoms with Gasteiger partial charge in [-0.2, -0.15) is 0 Å². The number of alkyl halides is 2. The van der Waals surface area contributed by atoms with Gasteiger partial charge in [-0.1, -0.05) is 37.3 Å². The Labute approximate surface area is 182 Å². The van der Waals surface area contributed by atoms with E-state index in [1.807, 2.05) is 26.0 Å². The molecule has 2 aromatic carbocycles. The van der Waals surface area contributed by atoms with E-state index in [2.05, 4.69) is 40.5 Å². The van der Waals surface area contributed by atoms with Crippen molar-refractivity contribution in [3.63, 3.8) is 0 Å². The Morgan fingerprint density at radius 3 is 2.65 bits per heavy atom. The first-order chi connectivity index (χ1) is 14.8. The molecule has 4 rings (SSSR count). The second kappa shape index (κ2) is 8.95. The molecule has 166 valence electrons. The van der Waals surface area contributed by atoms with Crippen LogP contribution in [0.3, 0.4) is 0 Å². The summed E-state index contributed by atoms with van der Waals surface area (Å²) in [7, 11) is 0.